The van der Waals surface area contributed by atoms with Crippen LogP contribution < -0.4 is 10.1 Å². The maximum absolute atomic E-state index is 12.7. The van der Waals surface area contributed by atoms with E-state index in [1.165, 1.54) is 22.1 Å². The highest BCUT2D eigenvalue weighted by Crippen LogP contribution is 2.35. The third kappa shape index (κ3) is 5.28. The molecule has 0 saturated carbocycles. The van der Waals surface area contributed by atoms with Gasteiger partial charge in [0.15, 0.2) is 0 Å². The lowest BCUT2D eigenvalue weighted by molar-refractivity contribution is 0.102. The van der Waals surface area contributed by atoms with Crippen LogP contribution >= 0.6 is 11.6 Å². The van der Waals surface area contributed by atoms with Gasteiger partial charge >= 0.3 is 0 Å². The number of hydrogen-bond donors (Lipinski definition) is 2. The maximum Gasteiger partial charge on any atom is 0.255 e. The molecule has 0 spiro atoms. The van der Waals surface area contributed by atoms with Gasteiger partial charge in [0.05, 0.1) is 17.6 Å². The molecule has 0 bridgehead atoms. The first kappa shape index (κ1) is 24.4. The number of ether oxygens (including phenoxy) is 1. The van der Waals surface area contributed by atoms with Crippen LogP contribution in [0.1, 0.15) is 45.8 Å². The molecule has 0 radical (unpaired) electrons. The number of aryl methyl sites for hydroxylation is 1. The fourth-order valence-electron chi connectivity index (χ4n) is 5.19. The van der Waals surface area contributed by atoms with Crippen LogP contribution in [0.5, 0.6) is 5.75 Å². The van der Waals surface area contributed by atoms with Crippen LogP contribution in [0, 0.1) is 6.92 Å². The van der Waals surface area contributed by atoms with E-state index < -0.39 is 0 Å². The van der Waals surface area contributed by atoms with Gasteiger partial charge in [0.1, 0.15) is 5.75 Å². The van der Waals surface area contributed by atoms with Gasteiger partial charge in [-0.3, -0.25) is 4.79 Å². The summed E-state index contributed by atoms with van der Waals surface area (Å²) in [5.74, 6) is 1.18. The molecule has 36 heavy (non-hydrogen) atoms. The van der Waals surface area contributed by atoms with Gasteiger partial charge in [-0.1, -0.05) is 29.8 Å². The Morgan fingerprint density at radius 2 is 1.89 bits per heavy atom. The molecule has 0 aliphatic carbocycles. The lowest BCUT2D eigenvalue weighted by Crippen LogP contribution is -2.34. The number of carbonyl (C=O) groups excluding carboxylic acids is 1. The molecule has 2 N–H and O–H groups in total. The van der Waals surface area contributed by atoms with Gasteiger partial charge in [0, 0.05) is 29.4 Å². The minimum atomic E-state index is -0.118. The summed E-state index contributed by atoms with van der Waals surface area (Å²) in [7, 11) is 1.62. The zero-order valence-corrected chi connectivity index (χ0v) is 21.6. The van der Waals surface area contributed by atoms with Crippen LogP contribution in [0.4, 0.5) is 5.69 Å². The highest BCUT2D eigenvalue weighted by Gasteiger charge is 2.23. The van der Waals surface area contributed by atoms with Crippen molar-refractivity contribution in [2.45, 2.75) is 32.1 Å². The van der Waals surface area contributed by atoms with Crippen molar-refractivity contribution in [2.24, 2.45) is 0 Å². The molecule has 1 aliphatic heterocycles. The first-order valence-electron chi connectivity index (χ1n) is 12.5. The molecule has 4 aromatic rings. The van der Waals surface area contributed by atoms with Crippen LogP contribution in [0.25, 0.3) is 10.9 Å². The van der Waals surface area contributed by atoms with Crippen LogP contribution in [-0.4, -0.2) is 42.5 Å². The van der Waals surface area contributed by atoms with E-state index in [2.05, 4.69) is 46.5 Å². The van der Waals surface area contributed by atoms with Gasteiger partial charge < -0.3 is 19.9 Å². The molecule has 1 amide bonds. The number of rotatable bonds is 7. The highest BCUT2D eigenvalue weighted by atomic mass is 35.5. The Labute approximate surface area is 217 Å². The number of piperidine rings is 1. The monoisotopic (exact) mass is 501 g/mol. The molecule has 1 fully saturated rings. The SMILES string of the molecule is COc1ccc(C(=O)Nc2ccc(C)c(CCN3CCC(c4c[nH]c5c(Cl)cccc45)CC3)c2)cc1. The molecular weight excluding hydrogens is 470 g/mol. The minimum Gasteiger partial charge on any atom is -0.497 e. The fraction of sp³-hybridized carbons (Fsp3) is 0.300. The van der Waals surface area contributed by atoms with E-state index in [-0.39, 0.29) is 5.91 Å². The number of aromatic amines is 1. The number of methoxy groups -OCH3 is 1. The molecular formula is C30H32ClN3O2. The average Bonchev–Trinajstić information content (AvgIpc) is 3.35. The summed E-state index contributed by atoms with van der Waals surface area (Å²) in [5, 5.41) is 5.08. The van der Waals surface area contributed by atoms with Gasteiger partial charge in [-0.2, -0.15) is 0 Å². The second kappa shape index (κ2) is 10.8. The summed E-state index contributed by atoms with van der Waals surface area (Å²) in [5.41, 5.74) is 6.40. The predicted octanol–water partition coefficient (Wildman–Crippen LogP) is 6.81. The number of aromatic nitrogens is 1. The maximum atomic E-state index is 12.7. The molecule has 1 saturated heterocycles. The quantitative estimate of drug-likeness (QED) is 0.292. The first-order chi connectivity index (χ1) is 17.5. The summed E-state index contributed by atoms with van der Waals surface area (Å²) in [4.78, 5) is 18.6. The number of halogens is 1. The molecule has 186 valence electrons. The molecule has 5 nitrogen and oxygen atoms in total. The van der Waals surface area contributed by atoms with Gasteiger partial charge in [-0.25, -0.2) is 0 Å². The van der Waals surface area contributed by atoms with Crippen LogP contribution in [0.3, 0.4) is 0 Å². The van der Waals surface area contributed by atoms with Crippen molar-refractivity contribution in [1.82, 2.24) is 9.88 Å². The lowest BCUT2D eigenvalue weighted by Gasteiger charge is -2.32. The van der Waals surface area contributed by atoms with E-state index >= 15 is 0 Å². The lowest BCUT2D eigenvalue weighted by atomic mass is 9.89. The van der Waals surface area contributed by atoms with Crippen LogP contribution in [0.2, 0.25) is 5.02 Å². The van der Waals surface area contributed by atoms with E-state index in [1.807, 2.05) is 18.2 Å². The highest BCUT2D eigenvalue weighted by molar-refractivity contribution is 6.35. The molecule has 3 aromatic carbocycles. The molecule has 1 aliphatic rings. The predicted molar refractivity (Wildman–Crippen MR) is 148 cm³/mol. The molecule has 6 heteroatoms. The van der Waals surface area contributed by atoms with Gasteiger partial charge in [-0.15, -0.1) is 0 Å². The number of nitrogens with one attached hydrogen (secondary N) is 2. The van der Waals surface area contributed by atoms with Crippen molar-refractivity contribution < 1.29 is 9.53 Å². The topological polar surface area (TPSA) is 57.4 Å². The Bertz CT molecular complexity index is 1350. The summed E-state index contributed by atoms with van der Waals surface area (Å²) < 4.78 is 5.18. The van der Waals surface area contributed by atoms with Gasteiger partial charge in [0.25, 0.3) is 5.91 Å². The second-order valence-corrected chi connectivity index (χ2v) is 10.0. The second-order valence-electron chi connectivity index (χ2n) is 9.60. The van der Waals surface area contributed by atoms with Gasteiger partial charge in [0.2, 0.25) is 0 Å². The number of benzene rings is 3. The molecule has 0 unspecified atom stereocenters. The number of amides is 1. The molecule has 5 rings (SSSR count). The molecule has 0 atom stereocenters. The summed E-state index contributed by atoms with van der Waals surface area (Å²) in [6.45, 7) is 5.33. The van der Waals surface area contributed by atoms with Crippen molar-refractivity contribution in [2.75, 3.05) is 32.1 Å². The Balaban J connectivity index is 1.17. The zero-order chi connectivity index (χ0) is 25.1. The smallest absolute Gasteiger partial charge is 0.255 e. The molecule has 2 heterocycles. The molecule has 1 aromatic heterocycles. The largest absolute Gasteiger partial charge is 0.497 e. The normalized spacial score (nSPS) is 14.8. The Morgan fingerprint density at radius 3 is 2.64 bits per heavy atom. The third-order valence-corrected chi connectivity index (χ3v) is 7.70. The van der Waals surface area contributed by atoms with Crippen molar-refractivity contribution in [3.8, 4) is 5.75 Å². The van der Waals surface area contributed by atoms with Crippen LogP contribution in [0.15, 0.2) is 66.9 Å². The van der Waals surface area contributed by atoms with Crippen molar-refractivity contribution >= 4 is 34.1 Å². The Kier molecular flexibility index (Phi) is 7.30. The number of anilines is 1. The van der Waals surface area contributed by atoms with Crippen molar-refractivity contribution in [1.29, 1.82) is 0 Å². The van der Waals surface area contributed by atoms with Crippen molar-refractivity contribution in [3.63, 3.8) is 0 Å². The minimum absolute atomic E-state index is 0.118. The van der Waals surface area contributed by atoms with E-state index in [4.69, 9.17) is 16.3 Å². The number of nitrogens with zero attached hydrogens (tertiary/aromatic N) is 1. The Morgan fingerprint density at radius 1 is 1.11 bits per heavy atom. The van der Waals surface area contributed by atoms with E-state index in [9.17, 15) is 4.79 Å². The standard InChI is InChI=1S/C30H32ClN3O2/c1-20-6-9-24(33-30(35)22-7-10-25(36-2)11-8-22)18-23(20)14-17-34-15-12-21(13-16-34)27-19-32-29-26(27)4-3-5-28(29)31/h3-11,18-19,21,32H,12-17H2,1-2H3,(H,33,35). The van der Waals surface area contributed by atoms with E-state index in [0.29, 0.717) is 11.5 Å². The number of carbonyl (C=O) groups is 1. The van der Waals surface area contributed by atoms with E-state index in [1.54, 1.807) is 31.4 Å². The summed E-state index contributed by atoms with van der Waals surface area (Å²) in [6.07, 6.45) is 5.41. The van der Waals surface area contributed by atoms with Gasteiger partial charge in [-0.05, 0) is 104 Å². The fourth-order valence-corrected chi connectivity index (χ4v) is 5.42. The van der Waals surface area contributed by atoms with Crippen molar-refractivity contribution in [3.05, 3.63) is 94.1 Å². The zero-order valence-electron chi connectivity index (χ0n) is 20.8. The number of likely N-dealkylation sites (tertiary alicyclic amines) is 1. The third-order valence-electron chi connectivity index (χ3n) is 7.38. The number of H-pyrrole nitrogens is 1. The average molecular weight is 502 g/mol. The summed E-state index contributed by atoms with van der Waals surface area (Å²) in [6, 6.07) is 19.5. The first-order valence-corrected chi connectivity index (χ1v) is 12.9. The number of fused-ring (bicyclic) bond motifs is 1. The van der Waals surface area contributed by atoms with Crippen LogP contribution in [-0.2, 0) is 6.42 Å². The summed E-state index contributed by atoms with van der Waals surface area (Å²) >= 11 is 6.36. The Hall–Kier alpha value is -3.28. The van der Waals surface area contributed by atoms with E-state index in [0.717, 1.165) is 60.9 Å². The number of hydrogen-bond acceptors (Lipinski definition) is 3. The number of para-hydroxylation sites is 1.